The molecule has 1 aromatic heterocycles. The minimum absolute atomic E-state index is 0.257. The molecule has 2 aromatic rings. The van der Waals surface area contributed by atoms with Crippen LogP contribution in [0.4, 0.5) is 0 Å². The Bertz CT molecular complexity index is 832. The largest absolute Gasteiger partial charge is 0.375 e. The Balaban J connectivity index is 2.36. The van der Waals surface area contributed by atoms with Crippen LogP contribution in [0.25, 0.3) is 11.0 Å². The first kappa shape index (κ1) is 15.9. The van der Waals surface area contributed by atoms with Crippen LogP contribution in [0.5, 0.6) is 0 Å². The van der Waals surface area contributed by atoms with Crippen molar-refractivity contribution in [2.24, 2.45) is 0 Å². The lowest BCUT2D eigenvalue weighted by molar-refractivity contribution is 0.148. The van der Waals surface area contributed by atoms with Crippen LogP contribution in [-0.4, -0.2) is 37.4 Å². The molecule has 0 aliphatic heterocycles. The van der Waals surface area contributed by atoms with Gasteiger partial charge in [-0.2, -0.15) is 0 Å². The van der Waals surface area contributed by atoms with E-state index in [0.29, 0.717) is 30.0 Å². The van der Waals surface area contributed by atoms with E-state index in [1.54, 1.807) is 12.1 Å². The number of rotatable bonds is 6. The number of para-hydroxylation sites is 1. The molecule has 0 aliphatic carbocycles. The van der Waals surface area contributed by atoms with E-state index in [2.05, 4.69) is 11.6 Å². The van der Waals surface area contributed by atoms with Crippen molar-refractivity contribution in [2.45, 2.75) is 18.4 Å². The molecule has 5 nitrogen and oxygen atoms in total. The Morgan fingerprint density at radius 3 is 2.81 bits per heavy atom. The summed E-state index contributed by atoms with van der Waals surface area (Å²) in [5.41, 5.74) is 2.27. The van der Waals surface area contributed by atoms with Gasteiger partial charge in [-0.3, -0.25) is 0 Å². The standard InChI is InChI=1S/C14H18N2O3S2/c1-10(2)9-19-8-7-16-11-5-4-6-12(21(3,17)18)13(11)15-14(16)20/h4-6H,1,7-9H2,2-3H3,(H,15,20). The van der Waals surface area contributed by atoms with Gasteiger partial charge in [0.1, 0.15) is 0 Å². The van der Waals surface area contributed by atoms with E-state index in [-0.39, 0.29) is 4.90 Å². The second kappa shape index (κ2) is 6.13. The molecule has 1 heterocycles. The molecule has 0 fully saturated rings. The lowest BCUT2D eigenvalue weighted by Crippen LogP contribution is -2.07. The van der Waals surface area contributed by atoms with Gasteiger partial charge < -0.3 is 14.3 Å². The topological polar surface area (TPSA) is 64.1 Å². The van der Waals surface area contributed by atoms with Gasteiger partial charge in [0, 0.05) is 12.8 Å². The van der Waals surface area contributed by atoms with Gasteiger partial charge >= 0.3 is 0 Å². The van der Waals surface area contributed by atoms with E-state index in [1.807, 2.05) is 17.6 Å². The van der Waals surface area contributed by atoms with Crippen molar-refractivity contribution in [2.75, 3.05) is 19.5 Å². The van der Waals surface area contributed by atoms with Gasteiger partial charge in [-0.1, -0.05) is 18.2 Å². The number of aromatic amines is 1. The molecule has 114 valence electrons. The van der Waals surface area contributed by atoms with Crippen LogP contribution in [0.2, 0.25) is 0 Å². The maximum absolute atomic E-state index is 11.8. The normalized spacial score (nSPS) is 11.9. The third-order valence-corrected chi connectivity index (χ3v) is 4.44. The SMILES string of the molecule is C=C(C)COCCn1c(=S)[nH]c2c(S(C)(=O)=O)cccc21. The summed E-state index contributed by atoms with van der Waals surface area (Å²) in [7, 11) is -3.30. The summed E-state index contributed by atoms with van der Waals surface area (Å²) in [5, 5.41) is 0. The lowest BCUT2D eigenvalue weighted by Gasteiger charge is -2.06. The monoisotopic (exact) mass is 326 g/mol. The first-order chi connectivity index (χ1) is 9.80. The number of aromatic nitrogens is 2. The molecule has 0 unspecified atom stereocenters. The van der Waals surface area contributed by atoms with Crippen LogP contribution in [0.15, 0.2) is 35.2 Å². The molecule has 0 atom stereocenters. The molecule has 21 heavy (non-hydrogen) atoms. The van der Waals surface area contributed by atoms with Crippen LogP contribution < -0.4 is 0 Å². The van der Waals surface area contributed by atoms with E-state index >= 15 is 0 Å². The van der Waals surface area contributed by atoms with Crippen molar-refractivity contribution in [3.8, 4) is 0 Å². The molecule has 0 bridgehead atoms. The van der Waals surface area contributed by atoms with Gasteiger partial charge in [0.15, 0.2) is 14.6 Å². The number of fused-ring (bicyclic) bond motifs is 1. The molecular weight excluding hydrogens is 308 g/mol. The van der Waals surface area contributed by atoms with Crippen molar-refractivity contribution in [1.82, 2.24) is 9.55 Å². The second-order valence-electron chi connectivity index (χ2n) is 5.01. The first-order valence-electron chi connectivity index (χ1n) is 6.44. The van der Waals surface area contributed by atoms with E-state index in [1.165, 1.54) is 6.26 Å². The summed E-state index contributed by atoms with van der Waals surface area (Å²) in [6.45, 7) is 7.21. The zero-order valence-corrected chi connectivity index (χ0v) is 13.7. The highest BCUT2D eigenvalue weighted by atomic mass is 32.2. The number of hydrogen-bond donors (Lipinski definition) is 1. The van der Waals surface area contributed by atoms with E-state index in [9.17, 15) is 8.42 Å². The quantitative estimate of drug-likeness (QED) is 0.503. The number of imidazole rings is 1. The number of H-pyrrole nitrogens is 1. The summed E-state index contributed by atoms with van der Waals surface area (Å²) >= 11 is 5.28. The van der Waals surface area contributed by atoms with Crippen molar-refractivity contribution in [3.63, 3.8) is 0 Å². The van der Waals surface area contributed by atoms with E-state index in [0.717, 1.165) is 11.1 Å². The Kier molecular flexibility index (Phi) is 4.65. The Hall–Kier alpha value is -1.44. The van der Waals surface area contributed by atoms with Crippen LogP contribution in [-0.2, 0) is 21.1 Å². The average molecular weight is 326 g/mol. The third kappa shape index (κ3) is 3.61. The maximum Gasteiger partial charge on any atom is 0.178 e. The second-order valence-corrected chi connectivity index (χ2v) is 7.38. The molecular formula is C14H18N2O3S2. The smallest absolute Gasteiger partial charge is 0.178 e. The minimum atomic E-state index is -3.30. The van der Waals surface area contributed by atoms with Crippen molar-refractivity contribution >= 4 is 33.1 Å². The number of hydrogen-bond acceptors (Lipinski definition) is 4. The van der Waals surface area contributed by atoms with Gasteiger partial charge in [-0.05, 0) is 31.3 Å². The number of benzene rings is 1. The predicted octanol–water partition coefficient (Wildman–Crippen LogP) is 2.70. The summed E-state index contributed by atoms with van der Waals surface area (Å²) in [5.74, 6) is 0. The van der Waals surface area contributed by atoms with Crippen LogP contribution >= 0.6 is 12.2 Å². The van der Waals surface area contributed by atoms with Gasteiger partial charge in [-0.25, -0.2) is 8.42 Å². The summed E-state index contributed by atoms with van der Waals surface area (Å²) in [4.78, 5) is 3.23. The summed E-state index contributed by atoms with van der Waals surface area (Å²) in [6.07, 6.45) is 1.19. The zero-order chi connectivity index (χ0) is 15.6. The molecule has 1 N–H and O–H groups in total. The predicted molar refractivity (Wildman–Crippen MR) is 85.9 cm³/mol. The zero-order valence-electron chi connectivity index (χ0n) is 12.0. The van der Waals surface area contributed by atoms with Crippen LogP contribution in [0.1, 0.15) is 6.92 Å². The number of sulfone groups is 1. The summed E-state index contributed by atoms with van der Waals surface area (Å²) < 4.78 is 31.4. The first-order valence-corrected chi connectivity index (χ1v) is 8.74. The molecule has 0 aliphatic rings. The Morgan fingerprint density at radius 2 is 2.19 bits per heavy atom. The van der Waals surface area contributed by atoms with Gasteiger partial charge in [0.2, 0.25) is 0 Å². The lowest BCUT2D eigenvalue weighted by atomic mass is 10.3. The molecule has 1 aromatic carbocycles. The van der Waals surface area contributed by atoms with Gasteiger partial charge in [0.05, 0.1) is 29.1 Å². The molecule has 0 saturated heterocycles. The average Bonchev–Trinajstić information content (AvgIpc) is 2.69. The highest BCUT2D eigenvalue weighted by molar-refractivity contribution is 7.91. The molecule has 7 heteroatoms. The molecule has 0 amide bonds. The minimum Gasteiger partial charge on any atom is -0.375 e. The maximum atomic E-state index is 11.8. The number of nitrogens with one attached hydrogen (secondary N) is 1. The van der Waals surface area contributed by atoms with Gasteiger partial charge in [-0.15, -0.1) is 0 Å². The fourth-order valence-corrected chi connectivity index (χ4v) is 3.23. The number of ether oxygens (including phenoxy) is 1. The highest BCUT2D eigenvalue weighted by Crippen LogP contribution is 2.22. The molecule has 0 radical (unpaired) electrons. The van der Waals surface area contributed by atoms with Crippen molar-refractivity contribution < 1.29 is 13.2 Å². The molecule has 0 saturated carbocycles. The fourth-order valence-electron chi connectivity index (χ4n) is 2.09. The third-order valence-electron chi connectivity index (χ3n) is 2.98. The van der Waals surface area contributed by atoms with Crippen LogP contribution in [0, 0.1) is 4.77 Å². The van der Waals surface area contributed by atoms with Crippen molar-refractivity contribution in [1.29, 1.82) is 0 Å². The molecule has 0 spiro atoms. The summed E-state index contributed by atoms with van der Waals surface area (Å²) in [6, 6.07) is 5.13. The Labute approximate surface area is 129 Å². The highest BCUT2D eigenvalue weighted by Gasteiger charge is 2.15. The van der Waals surface area contributed by atoms with Crippen LogP contribution in [0.3, 0.4) is 0 Å². The van der Waals surface area contributed by atoms with Gasteiger partial charge in [0.25, 0.3) is 0 Å². The Morgan fingerprint density at radius 1 is 1.48 bits per heavy atom. The van der Waals surface area contributed by atoms with E-state index in [4.69, 9.17) is 17.0 Å². The molecule has 2 rings (SSSR count). The van der Waals surface area contributed by atoms with Crippen molar-refractivity contribution in [3.05, 3.63) is 35.1 Å². The fraction of sp³-hybridized carbons (Fsp3) is 0.357. The van der Waals surface area contributed by atoms with E-state index < -0.39 is 9.84 Å². The number of nitrogens with zero attached hydrogens (tertiary/aromatic N) is 1.